The van der Waals surface area contributed by atoms with Crippen molar-refractivity contribution in [3.63, 3.8) is 0 Å². The normalized spacial score (nSPS) is 11.2. The van der Waals surface area contributed by atoms with Gasteiger partial charge in [-0.1, -0.05) is 47.7 Å². The molecule has 3 aromatic rings. The highest BCUT2D eigenvalue weighted by atomic mass is 32.1. The van der Waals surface area contributed by atoms with Gasteiger partial charge in [0.15, 0.2) is 5.13 Å². The van der Waals surface area contributed by atoms with Crippen molar-refractivity contribution in [1.29, 1.82) is 0 Å². The van der Waals surface area contributed by atoms with E-state index in [0.717, 1.165) is 52.7 Å². The van der Waals surface area contributed by atoms with Crippen LogP contribution >= 0.6 is 11.3 Å². The first kappa shape index (κ1) is 22.2. The van der Waals surface area contributed by atoms with Crippen molar-refractivity contribution in [2.45, 2.75) is 33.6 Å². The first-order chi connectivity index (χ1) is 14.6. The maximum absolute atomic E-state index is 13.3. The average molecular weight is 427 g/mol. The smallest absolute Gasteiger partial charge is 0.229 e. The van der Waals surface area contributed by atoms with Crippen LogP contribution in [0.25, 0.3) is 10.2 Å². The predicted molar refractivity (Wildman–Crippen MR) is 125 cm³/mol. The maximum atomic E-state index is 13.3. The van der Waals surface area contributed by atoms with Crippen LogP contribution in [0.3, 0.4) is 0 Å². The third-order valence-corrected chi connectivity index (χ3v) is 6.82. The Kier molecular flexibility index (Phi) is 7.82. The molecule has 0 bridgehead atoms. The summed E-state index contributed by atoms with van der Waals surface area (Å²) in [6.45, 7) is 10.1. The number of methoxy groups -OCH3 is 1. The van der Waals surface area contributed by atoms with E-state index in [4.69, 9.17) is 9.72 Å². The molecule has 0 spiro atoms. The molecule has 0 aliphatic carbocycles. The zero-order valence-corrected chi connectivity index (χ0v) is 19.2. The van der Waals surface area contributed by atoms with Gasteiger partial charge in [0.05, 0.1) is 38.0 Å². The third kappa shape index (κ3) is 5.18. The molecule has 5 nitrogen and oxygen atoms in total. The molecule has 1 amide bonds. The van der Waals surface area contributed by atoms with Gasteiger partial charge in [-0.2, -0.15) is 0 Å². The molecule has 160 valence electrons. The number of nitrogens with zero attached hydrogens (tertiary/aromatic N) is 2. The second-order valence-corrected chi connectivity index (χ2v) is 8.47. The van der Waals surface area contributed by atoms with Crippen LogP contribution in [0.2, 0.25) is 0 Å². The van der Waals surface area contributed by atoms with E-state index in [2.05, 4.69) is 32.9 Å². The highest BCUT2D eigenvalue weighted by molar-refractivity contribution is 7.22. The number of nitrogens with one attached hydrogen (secondary N) is 1. The molecule has 1 heterocycles. The van der Waals surface area contributed by atoms with Crippen molar-refractivity contribution >= 4 is 32.6 Å². The van der Waals surface area contributed by atoms with Gasteiger partial charge in [0.25, 0.3) is 0 Å². The zero-order chi connectivity index (χ0) is 21.5. The van der Waals surface area contributed by atoms with Crippen LogP contribution < -0.4 is 14.5 Å². The number of thiazole rings is 1. The van der Waals surface area contributed by atoms with Gasteiger partial charge in [0, 0.05) is 6.42 Å². The molecule has 6 heteroatoms. The van der Waals surface area contributed by atoms with Crippen LogP contribution in [0, 0.1) is 6.92 Å². The molecule has 0 saturated carbocycles. The molecule has 0 radical (unpaired) electrons. The number of aromatic nitrogens is 1. The number of carbonyl (C=O) groups excluding carboxylic acids is 1. The van der Waals surface area contributed by atoms with Crippen LogP contribution in [0.5, 0.6) is 5.75 Å². The standard InChI is InChI=1S/C24H31N3O2S/c1-5-26(6-2)16-17-27(21(28)15-13-19-10-8-7-9-11-19)24-25-22-20(29-4)14-12-18(3)23(22)30-24/h7-12,14H,5-6,13,15-17H2,1-4H3/p+1. The number of likely N-dealkylation sites (N-methyl/N-ethyl adjacent to an activating group) is 1. The fraction of sp³-hybridized carbons (Fsp3) is 0.417. The number of quaternary nitrogens is 1. The summed E-state index contributed by atoms with van der Waals surface area (Å²) >= 11 is 1.58. The van der Waals surface area contributed by atoms with E-state index in [0.29, 0.717) is 13.0 Å². The summed E-state index contributed by atoms with van der Waals surface area (Å²) in [6.07, 6.45) is 1.21. The van der Waals surface area contributed by atoms with Gasteiger partial charge in [0.1, 0.15) is 11.3 Å². The molecule has 0 aliphatic heterocycles. The van der Waals surface area contributed by atoms with Gasteiger partial charge < -0.3 is 9.64 Å². The fourth-order valence-corrected chi connectivity index (χ4v) is 4.70. The Bertz CT molecular complexity index is 967. The number of carbonyl (C=O) groups is 1. The molecular weight excluding hydrogens is 394 g/mol. The number of aryl methyl sites for hydroxylation is 2. The molecule has 3 rings (SSSR count). The highest BCUT2D eigenvalue weighted by Gasteiger charge is 2.22. The first-order valence-corrected chi connectivity index (χ1v) is 11.5. The number of hydrogen-bond acceptors (Lipinski definition) is 4. The minimum Gasteiger partial charge on any atom is -0.494 e. The topological polar surface area (TPSA) is 46.9 Å². The van der Waals surface area contributed by atoms with Gasteiger partial charge >= 0.3 is 0 Å². The second-order valence-electron chi connectivity index (χ2n) is 7.50. The summed E-state index contributed by atoms with van der Waals surface area (Å²) < 4.78 is 6.59. The number of benzene rings is 2. The van der Waals surface area contributed by atoms with Gasteiger partial charge in [-0.3, -0.25) is 9.69 Å². The fourth-order valence-electron chi connectivity index (χ4n) is 3.61. The monoisotopic (exact) mass is 426 g/mol. The van der Waals surface area contributed by atoms with E-state index in [-0.39, 0.29) is 5.91 Å². The molecule has 1 aromatic heterocycles. The quantitative estimate of drug-likeness (QED) is 0.540. The Morgan fingerprint density at radius 3 is 2.53 bits per heavy atom. The summed E-state index contributed by atoms with van der Waals surface area (Å²) in [5.74, 6) is 0.880. The Morgan fingerprint density at radius 2 is 1.87 bits per heavy atom. The Morgan fingerprint density at radius 1 is 1.13 bits per heavy atom. The molecular formula is C24H32N3O2S+. The van der Waals surface area contributed by atoms with Crippen molar-refractivity contribution in [2.24, 2.45) is 0 Å². The van der Waals surface area contributed by atoms with E-state index < -0.39 is 0 Å². The lowest BCUT2D eigenvalue weighted by Crippen LogP contribution is -3.12. The largest absolute Gasteiger partial charge is 0.494 e. The Balaban J connectivity index is 1.87. The van der Waals surface area contributed by atoms with Crippen molar-refractivity contribution in [3.05, 3.63) is 53.6 Å². The first-order valence-electron chi connectivity index (χ1n) is 10.7. The third-order valence-electron chi connectivity index (χ3n) is 5.60. The van der Waals surface area contributed by atoms with Gasteiger partial charge in [-0.25, -0.2) is 4.98 Å². The van der Waals surface area contributed by atoms with Crippen LogP contribution in [0.15, 0.2) is 42.5 Å². The lowest BCUT2D eigenvalue weighted by atomic mass is 10.1. The summed E-state index contributed by atoms with van der Waals surface area (Å²) in [5, 5.41) is 0.766. The van der Waals surface area contributed by atoms with Crippen LogP contribution in [-0.2, 0) is 11.2 Å². The lowest BCUT2D eigenvalue weighted by molar-refractivity contribution is -0.894. The molecule has 0 atom stereocenters. The van der Waals surface area contributed by atoms with Crippen molar-refractivity contribution in [2.75, 3.05) is 38.2 Å². The van der Waals surface area contributed by atoms with Gasteiger partial charge in [0.2, 0.25) is 5.91 Å². The molecule has 2 aromatic carbocycles. The molecule has 1 N–H and O–H groups in total. The summed E-state index contributed by atoms with van der Waals surface area (Å²) in [4.78, 5) is 21.5. The minimum atomic E-state index is 0.126. The van der Waals surface area contributed by atoms with Gasteiger partial charge in [-0.05, 0) is 44.4 Å². The lowest BCUT2D eigenvalue weighted by Gasteiger charge is -2.23. The van der Waals surface area contributed by atoms with Crippen molar-refractivity contribution in [1.82, 2.24) is 4.98 Å². The SMILES string of the molecule is CC[NH+](CC)CCN(C(=O)CCc1ccccc1)c1nc2c(OC)ccc(C)c2s1. The average Bonchev–Trinajstić information content (AvgIpc) is 3.22. The van der Waals surface area contributed by atoms with Crippen molar-refractivity contribution in [3.8, 4) is 5.75 Å². The van der Waals surface area contributed by atoms with E-state index >= 15 is 0 Å². The maximum Gasteiger partial charge on any atom is 0.229 e. The second kappa shape index (κ2) is 10.5. The number of hydrogen-bond donors (Lipinski definition) is 1. The van der Waals surface area contributed by atoms with E-state index in [1.165, 1.54) is 10.5 Å². The Labute approximate surface area is 183 Å². The zero-order valence-electron chi connectivity index (χ0n) is 18.4. The number of anilines is 1. The minimum absolute atomic E-state index is 0.126. The molecule has 0 saturated heterocycles. The molecule has 30 heavy (non-hydrogen) atoms. The molecule has 0 fully saturated rings. The Hall–Kier alpha value is -2.44. The van der Waals surface area contributed by atoms with E-state index in [9.17, 15) is 4.79 Å². The number of ether oxygens (including phenoxy) is 1. The van der Waals surface area contributed by atoms with Crippen LogP contribution in [-0.4, -0.2) is 44.2 Å². The predicted octanol–water partition coefficient (Wildman–Crippen LogP) is 3.50. The van der Waals surface area contributed by atoms with E-state index in [1.807, 2.05) is 35.2 Å². The van der Waals surface area contributed by atoms with Crippen LogP contribution in [0.1, 0.15) is 31.4 Å². The number of fused-ring (bicyclic) bond motifs is 1. The van der Waals surface area contributed by atoms with Gasteiger partial charge in [-0.15, -0.1) is 0 Å². The van der Waals surface area contributed by atoms with Crippen molar-refractivity contribution < 1.29 is 14.4 Å². The summed E-state index contributed by atoms with van der Waals surface area (Å²) in [6, 6.07) is 14.2. The highest BCUT2D eigenvalue weighted by Crippen LogP contribution is 2.36. The van der Waals surface area contributed by atoms with E-state index in [1.54, 1.807) is 18.4 Å². The molecule has 0 aliphatic rings. The van der Waals surface area contributed by atoms with Crippen LogP contribution in [0.4, 0.5) is 5.13 Å². The summed E-state index contributed by atoms with van der Waals surface area (Å²) in [7, 11) is 1.66. The molecule has 0 unspecified atom stereocenters. The number of amides is 1. The number of rotatable bonds is 10. The summed E-state index contributed by atoms with van der Waals surface area (Å²) in [5.41, 5.74) is 3.18.